The Morgan fingerprint density at radius 2 is 1.78 bits per heavy atom. The van der Waals surface area contributed by atoms with Gasteiger partial charge in [-0.05, 0) is 42.7 Å². The molecule has 0 aliphatic carbocycles. The molecule has 0 aromatic heterocycles. The average molecular weight is 315 g/mol. The van der Waals surface area contributed by atoms with Crippen LogP contribution in [0.15, 0.2) is 48.5 Å². The lowest BCUT2D eigenvalue weighted by molar-refractivity contribution is -0.134. The number of Topliss-reactive ketones (excluding diaryl/α,β-unsaturated/α-hetero) is 1. The van der Waals surface area contributed by atoms with Crippen molar-refractivity contribution in [3.63, 3.8) is 0 Å². The molecule has 4 nitrogen and oxygen atoms in total. The van der Waals surface area contributed by atoms with Crippen molar-refractivity contribution in [1.82, 2.24) is 0 Å². The standard InChI is InChI=1S/C18H18FNO3/c1-23-14-11-9-13(10-12-14)5-4-8-17(21)18(22)20-16-7-3-2-6-15(16)19/h2-3,6-7,9-12H,4-5,8H2,1H3,(H,20,22). The molecule has 0 unspecified atom stereocenters. The second kappa shape index (κ2) is 8.08. The number of methoxy groups -OCH3 is 1. The van der Waals surface area contributed by atoms with Crippen molar-refractivity contribution >= 4 is 17.4 Å². The molecule has 0 saturated carbocycles. The minimum Gasteiger partial charge on any atom is -0.497 e. The third-order valence-electron chi connectivity index (χ3n) is 3.40. The molecule has 0 bridgehead atoms. The van der Waals surface area contributed by atoms with E-state index < -0.39 is 17.5 Å². The first-order valence-corrected chi connectivity index (χ1v) is 7.32. The maximum absolute atomic E-state index is 13.4. The van der Waals surface area contributed by atoms with Crippen molar-refractivity contribution in [3.05, 3.63) is 59.9 Å². The summed E-state index contributed by atoms with van der Waals surface area (Å²) in [4.78, 5) is 23.5. The van der Waals surface area contributed by atoms with Crippen molar-refractivity contribution in [2.45, 2.75) is 19.3 Å². The van der Waals surface area contributed by atoms with Crippen LogP contribution in [-0.2, 0) is 16.0 Å². The Kier molecular flexibility index (Phi) is 5.86. The molecule has 2 aromatic rings. The van der Waals surface area contributed by atoms with Crippen molar-refractivity contribution in [1.29, 1.82) is 0 Å². The van der Waals surface area contributed by atoms with Gasteiger partial charge in [-0.2, -0.15) is 0 Å². The predicted octanol–water partition coefficient (Wildman–Crippen LogP) is 3.36. The normalized spacial score (nSPS) is 10.2. The van der Waals surface area contributed by atoms with Crippen LogP contribution >= 0.6 is 0 Å². The Bertz CT molecular complexity index is 683. The second-order valence-corrected chi connectivity index (χ2v) is 5.06. The molecule has 0 saturated heterocycles. The highest BCUT2D eigenvalue weighted by Gasteiger charge is 2.15. The molecule has 2 rings (SSSR count). The minimum absolute atomic E-state index is 0.0148. The lowest BCUT2D eigenvalue weighted by atomic mass is 10.1. The van der Waals surface area contributed by atoms with E-state index in [9.17, 15) is 14.0 Å². The number of para-hydroxylation sites is 1. The second-order valence-electron chi connectivity index (χ2n) is 5.06. The molecule has 0 heterocycles. The number of hydrogen-bond acceptors (Lipinski definition) is 3. The summed E-state index contributed by atoms with van der Waals surface area (Å²) in [6.07, 6.45) is 1.35. The maximum atomic E-state index is 13.4. The van der Waals surface area contributed by atoms with Crippen molar-refractivity contribution in [3.8, 4) is 5.75 Å². The van der Waals surface area contributed by atoms with Gasteiger partial charge >= 0.3 is 0 Å². The maximum Gasteiger partial charge on any atom is 0.291 e. The number of rotatable bonds is 7. The number of amides is 1. The Labute approximate surface area is 134 Å². The first kappa shape index (κ1) is 16.7. The van der Waals surface area contributed by atoms with Crippen LogP contribution in [0.4, 0.5) is 10.1 Å². The van der Waals surface area contributed by atoms with Gasteiger partial charge in [0.2, 0.25) is 5.78 Å². The van der Waals surface area contributed by atoms with E-state index in [-0.39, 0.29) is 12.1 Å². The number of carbonyl (C=O) groups is 2. The minimum atomic E-state index is -0.787. The monoisotopic (exact) mass is 315 g/mol. The van der Waals surface area contributed by atoms with Gasteiger partial charge in [0.05, 0.1) is 12.8 Å². The predicted molar refractivity (Wildman–Crippen MR) is 86.0 cm³/mol. The first-order chi connectivity index (χ1) is 11.1. The van der Waals surface area contributed by atoms with Crippen LogP contribution in [0.2, 0.25) is 0 Å². The quantitative estimate of drug-likeness (QED) is 0.797. The van der Waals surface area contributed by atoms with E-state index in [1.165, 1.54) is 18.2 Å². The van der Waals surface area contributed by atoms with Gasteiger partial charge in [0.25, 0.3) is 5.91 Å². The summed E-state index contributed by atoms with van der Waals surface area (Å²) < 4.78 is 18.5. The molecule has 0 aliphatic heterocycles. The van der Waals surface area contributed by atoms with Crippen LogP contribution in [0, 0.1) is 5.82 Å². The zero-order valence-corrected chi connectivity index (χ0v) is 12.8. The molecule has 1 amide bonds. The van der Waals surface area contributed by atoms with Crippen LogP contribution in [0.1, 0.15) is 18.4 Å². The zero-order chi connectivity index (χ0) is 16.7. The van der Waals surface area contributed by atoms with Gasteiger partial charge in [-0.15, -0.1) is 0 Å². The van der Waals surface area contributed by atoms with E-state index in [2.05, 4.69) is 5.32 Å². The molecule has 0 spiro atoms. The fourth-order valence-corrected chi connectivity index (χ4v) is 2.11. The largest absolute Gasteiger partial charge is 0.497 e. The Morgan fingerprint density at radius 3 is 2.43 bits per heavy atom. The summed E-state index contributed by atoms with van der Waals surface area (Å²) in [7, 11) is 1.60. The number of aryl methyl sites for hydroxylation is 1. The van der Waals surface area contributed by atoms with E-state index in [1.807, 2.05) is 24.3 Å². The molecule has 0 aliphatic rings. The van der Waals surface area contributed by atoms with Gasteiger partial charge in [-0.3, -0.25) is 9.59 Å². The van der Waals surface area contributed by atoms with Crippen LogP contribution in [-0.4, -0.2) is 18.8 Å². The summed E-state index contributed by atoms with van der Waals surface area (Å²) in [5, 5.41) is 2.29. The molecular formula is C18H18FNO3. The van der Waals surface area contributed by atoms with Gasteiger partial charge in [0, 0.05) is 6.42 Å². The average Bonchev–Trinajstić information content (AvgIpc) is 2.57. The molecule has 0 radical (unpaired) electrons. The first-order valence-electron chi connectivity index (χ1n) is 7.32. The van der Waals surface area contributed by atoms with Crippen LogP contribution < -0.4 is 10.1 Å². The van der Waals surface area contributed by atoms with Gasteiger partial charge in [0.15, 0.2) is 0 Å². The molecule has 0 atom stereocenters. The fourth-order valence-electron chi connectivity index (χ4n) is 2.11. The molecule has 2 aromatic carbocycles. The Balaban J connectivity index is 1.79. The van der Waals surface area contributed by atoms with Crippen LogP contribution in [0.3, 0.4) is 0 Å². The van der Waals surface area contributed by atoms with Crippen LogP contribution in [0.25, 0.3) is 0 Å². The molecule has 23 heavy (non-hydrogen) atoms. The van der Waals surface area contributed by atoms with Crippen molar-refractivity contribution in [2.24, 2.45) is 0 Å². The Hall–Kier alpha value is -2.69. The highest BCUT2D eigenvalue weighted by molar-refractivity contribution is 6.40. The highest BCUT2D eigenvalue weighted by atomic mass is 19.1. The van der Waals surface area contributed by atoms with E-state index in [0.717, 1.165) is 11.3 Å². The number of hydrogen-bond donors (Lipinski definition) is 1. The smallest absolute Gasteiger partial charge is 0.291 e. The summed E-state index contributed by atoms with van der Waals surface area (Å²) in [6, 6.07) is 13.3. The lowest BCUT2D eigenvalue weighted by Gasteiger charge is -2.06. The lowest BCUT2D eigenvalue weighted by Crippen LogP contribution is -2.23. The van der Waals surface area contributed by atoms with Gasteiger partial charge in [0.1, 0.15) is 11.6 Å². The number of ether oxygens (including phenoxy) is 1. The fraction of sp³-hybridized carbons (Fsp3) is 0.222. The number of benzene rings is 2. The number of ketones is 1. The number of halogens is 1. The number of anilines is 1. The SMILES string of the molecule is COc1ccc(CCCC(=O)C(=O)Nc2ccccc2F)cc1. The van der Waals surface area contributed by atoms with Gasteiger partial charge in [-0.1, -0.05) is 24.3 Å². The molecule has 0 fully saturated rings. The van der Waals surface area contributed by atoms with E-state index in [1.54, 1.807) is 13.2 Å². The van der Waals surface area contributed by atoms with E-state index >= 15 is 0 Å². The molecule has 1 N–H and O–H groups in total. The summed E-state index contributed by atoms with van der Waals surface area (Å²) in [6.45, 7) is 0. The van der Waals surface area contributed by atoms with Crippen molar-refractivity contribution in [2.75, 3.05) is 12.4 Å². The third-order valence-corrected chi connectivity index (χ3v) is 3.40. The number of nitrogens with one attached hydrogen (secondary N) is 1. The third kappa shape index (κ3) is 4.92. The summed E-state index contributed by atoms with van der Waals surface area (Å²) >= 11 is 0. The van der Waals surface area contributed by atoms with Crippen LogP contribution in [0.5, 0.6) is 5.75 Å². The van der Waals surface area contributed by atoms with Crippen molar-refractivity contribution < 1.29 is 18.7 Å². The molecular weight excluding hydrogens is 297 g/mol. The highest BCUT2D eigenvalue weighted by Crippen LogP contribution is 2.14. The zero-order valence-electron chi connectivity index (χ0n) is 12.8. The summed E-state index contributed by atoms with van der Waals surface area (Å²) in [5.41, 5.74) is 1.08. The molecule has 120 valence electrons. The van der Waals surface area contributed by atoms with E-state index in [0.29, 0.717) is 12.8 Å². The van der Waals surface area contributed by atoms with Gasteiger partial charge in [-0.25, -0.2) is 4.39 Å². The topological polar surface area (TPSA) is 55.4 Å². The number of carbonyl (C=O) groups excluding carboxylic acids is 2. The van der Waals surface area contributed by atoms with Gasteiger partial charge < -0.3 is 10.1 Å². The van der Waals surface area contributed by atoms with E-state index in [4.69, 9.17) is 4.74 Å². The Morgan fingerprint density at radius 1 is 1.09 bits per heavy atom. The summed E-state index contributed by atoms with van der Waals surface area (Å²) in [5.74, 6) is -1.13. The molecule has 5 heteroatoms.